The van der Waals surface area contributed by atoms with Crippen LogP contribution in [-0.2, 0) is 6.61 Å². The van der Waals surface area contributed by atoms with Gasteiger partial charge in [0, 0.05) is 17.2 Å². The number of benzene rings is 1. The van der Waals surface area contributed by atoms with E-state index in [0.29, 0.717) is 4.85 Å². The number of nitrogens with zero attached hydrogens (tertiary/aromatic N) is 3. The highest BCUT2D eigenvalue weighted by Crippen LogP contribution is 2.30. The molecule has 104 valence electrons. The van der Waals surface area contributed by atoms with Gasteiger partial charge in [0.2, 0.25) is 5.88 Å². The highest BCUT2D eigenvalue weighted by atomic mass is 19.3. The fourth-order valence-electron chi connectivity index (χ4n) is 1.61. The van der Waals surface area contributed by atoms with Gasteiger partial charge in [0.05, 0.1) is 6.20 Å². The first-order valence-electron chi connectivity index (χ1n) is 5.45. The predicted octanol–water partition coefficient (Wildman–Crippen LogP) is 2.50. The van der Waals surface area contributed by atoms with Crippen molar-refractivity contribution < 1.29 is 23.5 Å². The fourth-order valence-corrected chi connectivity index (χ4v) is 1.61. The van der Waals surface area contributed by atoms with Gasteiger partial charge in [-0.05, 0) is 6.07 Å². The molecule has 8 heteroatoms. The Kier molecular flexibility index (Phi) is 4.00. The van der Waals surface area contributed by atoms with Crippen LogP contribution in [-0.4, -0.2) is 15.2 Å². The van der Waals surface area contributed by atoms with Gasteiger partial charge in [-0.15, -0.1) is 10.1 Å². The van der Waals surface area contributed by atoms with Crippen LogP contribution in [0.4, 0.5) is 8.78 Å². The maximum atomic E-state index is 12.9. The molecule has 0 atom stereocenters. The first-order chi connectivity index (χ1) is 9.61. The molecule has 2 aromatic rings. The van der Waals surface area contributed by atoms with Crippen molar-refractivity contribution in [3.05, 3.63) is 41.6 Å². The van der Waals surface area contributed by atoms with Crippen LogP contribution in [0.3, 0.4) is 0 Å². The number of hydrogen-bond donors (Lipinski definition) is 1. The Hall–Kier alpha value is -2.82. The van der Waals surface area contributed by atoms with E-state index in [2.05, 4.69) is 9.84 Å². The van der Waals surface area contributed by atoms with E-state index in [9.17, 15) is 8.78 Å². The van der Waals surface area contributed by atoms with Crippen LogP contribution in [0.25, 0.3) is 0 Å². The van der Waals surface area contributed by atoms with Gasteiger partial charge in [0.25, 0.3) is 12.7 Å². The first kappa shape index (κ1) is 13.6. The molecule has 1 aromatic carbocycles. The van der Waals surface area contributed by atoms with Gasteiger partial charge < -0.3 is 14.7 Å². The van der Waals surface area contributed by atoms with Gasteiger partial charge in [-0.25, -0.2) is 8.78 Å². The smallest absolute Gasteiger partial charge is 0.292 e. The van der Waals surface area contributed by atoms with Crippen molar-refractivity contribution >= 4 is 0 Å². The zero-order valence-corrected chi connectivity index (χ0v) is 10.0. The molecule has 1 heterocycles. The molecule has 0 fully saturated rings. The van der Waals surface area contributed by atoms with Crippen LogP contribution in [0.5, 0.6) is 11.6 Å². The number of ether oxygens (including phenoxy) is 2. The fraction of sp³-hybridized carbons (Fsp3) is 0.167. The molecule has 0 unspecified atom stereocenters. The minimum Gasteiger partial charge on any atom is -0.471 e. The number of rotatable bonds is 5. The molecule has 0 bridgehead atoms. The van der Waals surface area contributed by atoms with Crippen LogP contribution in [0.1, 0.15) is 17.6 Å². The third-order valence-electron chi connectivity index (χ3n) is 2.48. The molecular formula is C12H9F2N3O3. The molecule has 0 aliphatic heterocycles. The van der Waals surface area contributed by atoms with Gasteiger partial charge in [-0.2, -0.15) is 0 Å². The Morgan fingerprint density at radius 3 is 2.80 bits per heavy atom. The van der Waals surface area contributed by atoms with E-state index in [1.54, 1.807) is 0 Å². The molecule has 1 N–H and O–H groups in total. The number of halogens is 2. The summed E-state index contributed by atoms with van der Waals surface area (Å²) in [5.74, 6) is 0.0493. The Morgan fingerprint density at radius 2 is 2.20 bits per heavy atom. The predicted molar refractivity (Wildman–Crippen MR) is 61.4 cm³/mol. The van der Waals surface area contributed by atoms with Gasteiger partial charge in [-0.3, -0.25) is 0 Å². The van der Waals surface area contributed by atoms with Crippen LogP contribution in [0.15, 0.2) is 30.5 Å². The van der Waals surface area contributed by atoms with E-state index in [0.717, 1.165) is 0 Å². The van der Waals surface area contributed by atoms with Crippen molar-refractivity contribution in [1.82, 2.24) is 9.94 Å². The highest BCUT2D eigenvalue weighted by Gasteiger charge is 2.18. The quantitative estimate of drug-likeness (QED) is 0.672. The first-order valence-corrected chi connectivity index (χ1v) is 5.45. The molecule has 0 amide bonds. The third-order valence-corrected chi connectivity index (χ3v) is 2.48. The minimum atomic E-state index is -2.73. The molecule has 0 radical (unpaired) electrons. The number of hydrogen-bond acceptors (Lipinski definition) is 5. The lowest BCUT2D eigenvalue weighted by Crippen LogP contribution is -2.04. The van der Waals surface area contributed by atoms with Crippen molar-refractivity contribution in [3.8, 4) is 17.9 Å². The summed E-state index contributed by atoms with van der Waals surface area (Å²) in [7, 11) is 0. The molecule has 20 heavy (non-hydrogen) atoms. The third kappa shape index (κ3) is 2.95. The van der Waals surface area contributed by atoms with E-state index in [-0.39, 0.29) is 29.4 Å². The SMILES string of the molecule is N#COc1cccc(C(F)F)c1COc1ccn(O)n1. The van der Waals surface area contributed by atoms with Gasteiger partial charge in [0.15, 0.2) is 0 Å². The van der Waals surface area contributed by atoms with E-state index >= 15 is 0 Å². The van der Waals surface area contributed by atoms with Gasteiger partial charge >= 0.3 is 0 Å². The van der Waals surface area contributed by atoms with Crippen LogP contribution >= 0.6 is 0 Å². The second-order valence-electron chi connectivity index (χ2n) is 3.68. The van der Waals surface area contributed by atoms with E-state index < -0.39 is 6.43 Å². The van der Waals surface area contributed by atoms with Gasteiger partial charge in [-0.1, -0.05) is 17.2 Å². The topological polar surface area (TPSA) is 80.3 Å². The molecule has 0 saturated heterocycles. The van der Waals surface area contributed by atoms with Gasteiger partial charge in [0.1, 0.15) is 12.4 Å². The average Bonchev–Trinajstić information content (AvgIpc) is 2.83. The summed E-state index contributed by atoms with van der Waals surface area (Å²) in [6.07, 6.45) is -0.0744. The summed E-state index contributed by atoms with van der Waals surface area (Å²) in [6.45, 7) is -0.269. The Labute approximate surface area is 112 Å². The maximum absolute atomic E-state index is 12.9. The lowest BCUT2D eigenvalue weighted by Gasteiger charge is -2.12. The van der Waals surface area contributed by atoms with E-state index in [4.69, 9.17) is 15.2 Å². The van der Waals surface area contributed by atoms with Crippen molar-refractivity contribution in [2.24, 2.45) is 0 Å². The van der Waals surface area contributed by atoms with Crippen LogP contribution in [0, 0.1) is 11.5 Å². The summed E-state index contributed by atoms with van der Waals surface area (Å²) in [4.78, 5) is 0.529. The normalized spacial score (nSPS) is 10.3. The number of nitriles is 1. The zero-order chi connectivity index (χ0) is 14.5. The number of alkyl halides is 2. The summed E-state index contributed by atoms with van der Waals surface area (Å²) in [5, 5.41) is 21.0. The van der Waals surface area contributed by atoms with E-state index in [1.807, 2.05) is 0 Å². The van der Waals surface area contributed by atoms with Crippen molar-refractivity contribution in [1.29, 1.82) is 5.26 Å². The lowest BCUT2D eigenvalue weighted by atomic mass is 10.1. The lowest BCUT2D eigenvalue weighted by molar-refractivity contribution is 0.138. The molecule has 1 aromatic heterocycles. The Morgan fingerprint density at radius 1 is 1.40 bits per heavy atom. The summed E-state index contributed by atoms with van der Waals surface area (Å²) < 4.78 is 35.7. The van der Waals surface area contributed by atoms with Crippen LogP contribution in [0.2, 0.25) is 0 Å². The van der Waals surface area contributed by atoms with E-state index in [1.165, 1.54) is 36.7 Å². The van der Waals surface area contributed by atoms with Crippen molar-refractivity contribution in [2.75, 3.05) is 0 Å². The van der Waals surface area contributed by atoms with Crippen LogP contribution < -0.4 is 9.47 Å². The molecule has 6 nitrogen and oxygen atoms in total. The average molecular weight is 281 g/mol. The van der Waals surface area contributed by atoms with Crippen molar-refractivity contribution in [3.63, 3.8) is 0 Å². The second-order valence-corrected chi connectivity index (χ2v) is 3.68. The summed E-state index contributed by atoms with van der Waals surface area (Å²) >= 11 is 0. The minimum absolute atomic E-state index is 0.00580. The summed E-state index contributed by atoms with van der Waals surface area (Å²) in [5.41, 5.74) is -0.238. The highest BCUT2D eigenvalue weighted by molar-refractivity contribution is 5.41. The molecule has 0 aliphatic rings. The second kappa shape index (κ2) is 5.88. The van der Waals surface area contributed by atoms with Crippen molar-refractivity contribution in [2.45, 2.75) is 13.0 Å². The summed E-state index contributed by atoms with van der Waals surface area (Å²) in [6, 6.07) is 5.33. The standard InChI is InChI=1S/C12H9F2N3O3/c13-12(14)8-2-1-3-10(20-7-15)9(8)6-19-11-4-5-17(18)16-11/h1-5,12,18H,6H2. The molecule has 0 spiro atoms. The largest absolute Gasteiger partial charge is 0.471 e. The molecule has 0 saturated carbocycles. The zero-order valence-electron chi connectivity index (χ0n) is 10.0. The number of aromatic nitrogens is 2. The Balaban J connectivity index is 2.25. The monoisotopic (exact) mass is 281 g/mol. The molecule has 0 aliphatic carbocycles. The molecular weight excluding hydrogens is 272 g/mol. The maximum Gasteiger partial charge on any atom is 0.292 e. The molecule has 2 rings (SSSR count). The Bertz CT molecular complexity index is 637.